The molecule has 0 heterocycles. The van der Waals surface area contributed by atoms with Crippen molar-refractivity contribution in [3.8, 4) is 0 Å². The SMILES string of the molecule is COC(=O)[C@@H](Cc1ccc(Cl)cc1Cl)NC(=O)c1cc(F)cc(F)c1. The van der Waals surface area contributed by atoms with E-state index in [0.717, 1.165) is 19.2 Å². The molecular weight excluding hydrogens is 375 g/mol. The molecule has 1 amide bonds. The van der Waals surface area contributed by atoms with Crippen LogP contribution in [0.25, 0.3) is 0 Å². The van der Waals surface area contributed by atoms with E-state index in [2.05, 4.69) is 10.1 Å². The normalized spacial score (nSPS) is 11.7. The average Bonchev–Trinajstić information content (AvgIpc) is 2.54. The molecule has 2 aromatic rings. The Balaban J connectivity index is 2.22. The van der Waals surface area contributed by atoms with Crippen LogP contribution in [0.15, 0.2) is 36.4 Å². The van der Waals surface area contributed by atoms with Crippen LogP contribution in [-0.2, 0) is 16.0 Å². The Morgan fingerprint density at radius 2 is 1.76 bits per heavy atom. The monoisotopic (exact) mass is 387 g/mol. The van der Waals surface area contributed by atoms with Crippen LogP contribution in [0.4, 0.5) is 8.78 Å². The first-order valence-electron chi connectivity index (χ1n) is 7.09. The fraction of sp³-hybridized carbons (Fsp3) is 0.176. The molecule has 1 atom stereocenters. The van der Waals surface area contributed by atoms with Crippen LogP contribution in [-0.4, -0.2) is 25.0 Å². The fourth-order valence-electron chi connectivity index (χ4n) is 2.17. The van der Waals surface area contributed by atoms with E-state index in [0.29, 0.717) is 21.7 Å². The molecule has 25 heavy (non-hydrogen) atoms. The van der Waals surface area contributed by atoms with E-state index in [1.54, 1.807) is 12.1 Å². The summed E-state index contributed by atoms with van der Waals surface area (Å²) < 4.78 is 31.2. The van der Waals surface area contributed by atoms with Gasteiger partial charge < -0.3 is 10.1 Å². The number of rotatable bonds is 5. The largest absolute Gasteiger partial charge is 0.467 e. The summed E-state index contributed by atoms with van der Waals surface area (Å²) in [6.45, 7) is 0. The van der Waals surface area contributed by atoms with Gasteiger partial charge in [-0.05, 0) is 29.8 Å². The molecule has 0 spiro atoms. The molecule has 0 aliphatic carbocycles. The van der Waals surface area contributed by atoms with E-state index in [-0.39, 0.29) is 12.0 Å². The Labute approximate surface area is 152 Å². The van der Waals surface area contributed by atoms with Crippen molar-refractivity contribution < 1.29 is 23.1 Å². The van der Waals surface area contributed by atoms with Gasteiger partial charge in [0.15, 0.2) is 0 Å². The Morgan fingerprint density at radius 3 is 2.32 bits per heavy atom. The molecule has 0 saturated carbocycles. The minimum absolute atomic E-state index is 0.0201. The van der Waals surface area contributed by atoms with Crippen molar-refractivity contribution >= 4 is 35.1 Å². The first kappa shape index (κ1) is 19.1. The number of amides is 1. The maximum Gasteiger partial charge on any atom is 0.328 e. The summed E-state index contributed by atoms with van der Waals surface area (Å²) in [6, 6.07) is 5.96. The second-order valence-corrected chi connectivity index (χ2v) is 5.99. The van der Waals surface area contributed by atoms with Gasteiger partial charge in [0.05, 0.1) is 7.11 Å². The zero-order valence-electron chi connectivity index (χ0n) is 13.0. The second-order valence-electron chi connectivity index (χ2n) is 5.15. The number of nitrogens with one attached hydrogen (secondary N) is 1. The zero-order chi connectivity index (χ0) is 18.6. The second kappa shape index (κ2) is 8.27. The van der Waals surface area contributed by atoms with Crippen LogP contribution in [0.2, 0.25) is 10.0 Å². The van der Waals surface area contributed by atoms with Gasteiger partial charge in [-0.2, -0.15) is 0 Å². The van der Waals surface area contributed by atoms with Crippen molar-refractivity contribution in [2.24, 2.45) is 0 Å². The third-order valence-electron chi connectivity index (χ3n) is 3.35. The molecular formula is C17H13Cl2F2NO3. The summed E-state index contributed by atoms with van der Waals surface area (Å²) in [5.74, 6) is -3.35. The van der Waals surface area contributed by atoms with Crippen molar-refractivity contribution in [1.29, 1.82) is 0 Å². The number of hydrogen-bond acceptors (Lipinski definition) is 3. The average molecular weight is 388 g/mol. The minimum atomic E-state index is -1.09. The molecule has 0 aliphatic rings. The summed E-state index contributed by atoms with van der Waals surface area (Å²) in [7, 11) is 1.16. The number of esters is 1. The first-order chi connectivity index (χ1) is 11.8. The van der Waals surface area contributed by atoms with Crippen LogP contribution in [0, 0.1) is 11.6 Å². The zero-order valence-corrected chi connectivity index (χ0v) is 14.5. The summed E-state index contributed by atoms with van der Waals surface area (Å²) in [5, 5.41) is 3.12. The highest BCUT2D eigenvalue weighted by atomic mass is 35.5. The Hall–Kier alpha value is -2.18. The van der Waals surface area contributed by atoms with Gasteiger partial charge in [0, 0.05) is 28.1 Å². The Morgan fingerprint density at radius 1 is 1.12 bits per heavy atom. The summed E-state index contributed by atoms with van der Waals surface area (Å²) in [5.41, 5.74) is 0.292. The maximum atomic E-state index is 13.2. The highest BCUT2D eigenvalue weighted by Gasteiger charge is 2.24. The number of carbonyl (C=O) groups excluding carboxylic acids is 2. The lowest BCUT2D eigenvalue weighted by atomic mass is 10.1. The summed E-state index contributed by atoms with van der Waals surface area (Å²) in [4.78, 5) is 24.1. The third kappa shape index (κ3) is 5.14. The van der Waals surface area contributed by atoms with Crippen molar-refractivity contribution in [3.05, 3.63) is 69.2 Å². The molecule has 0 saturated heterocycles. The predicted octanol–water partition coefficient (Wildman–Crippen LogP) is 3.79. The number of hydrogen-bond donors (Lipinski definition) is 1. The molecule has 8 heteroatoms. The van der Waals surface area contributed by atoms with Gasteiger partial charge in [0.2, 0.25) is 0 Å². The molecule has 0 aliphatic heterocycles. The van der Waals surface area contributed by atoms with E-state index < -0.39 is 29.6 Å². The summed E-state index contributed by atoms with van der Waals surface area (Å²) >= 11 is 11.9. The van der Waals surface area contributed by atoms with Crippen molar-refractivity contribution in [2.75, 3.05) is 7.11 Å². The minimum Gasteiger partial charge on any atom is -0.467 e. The van der Waals surface area contributed by atoms with Crippen LogP contribution >= 0.6 is 23.2 Å². The van der Waals surface area contributed by atoms with Gasteiger partial charge in [-0.25, -0.2) is 13.6 Å². The maximum absolute atomic E-state index is 13.2. The molecule has 0 fully saturated rings. The fourth-order valence-corrected chi connectivity index (χ4v) is 2.65. The van der Waals surface area contributed by atoms with Crippen molar-refractivity contribution in [2.45, 2.75) is 12.5 Å². The van der Waals surface area contributed by atoms with Gasteiger partial charge in [-0.15, -0.1) is 0 Å². The summed E-state index contributed by atoms with van der Waals surface area (Å²) in [6.07, 6.45) is 0.0201. The molecule has 0 bridgehead atoms. The highest BCUT2D eigenvalue weighted by molar-refractivity contribution is 6.35. The van der Waals surface area contributed by atoms with Gasteiger partial charge in [0.1, 0.15) is 17.7 Å². The molecule has 0 radical (unpaired) electrons. The van der Waals surface area contributed by atoms with Gasteiger partial charge in [-0.3, -0.25) is 4.79 Å². The Bertz CT molecular complexity index is 794. The van der Waals surface area contributed by atoms with Gasteiger partial charge >= 0.3 is 5.97 Å². The van der Waals surface area contributed by atoms with E-state index in [4.69, 9.17) is 23.2 Å². The quantitative estimate of drug-likeness (QED) is 0.794. The Kier molecular flexibility index (Phi) is 6.33. The predicted molar refractivity (Wildman–Crippen MR) is 89.8 cm³/mol. The standard InChI is InChI=1S/C17H13Cl2F2NO3/c1-25-17(24)15(6-9-2-3-11(18)7-14(9)19)22-16(23)10-4-12(20)8-13(21)5-10/h2-5,7-8,15H,6H2,1H3,(H,22,23)/t15-/m1/s1. The molecule has 2 aromatic carbocycles. The molecule has 2 rings (SSSR count). The topological polar surface area (TPSA) is 55.4 Å². The molecule has 132 valence electrons. The smallest absolute Gasteiger partial charge is 0.328 e. The van der Waals surface area contributed by atoms with E-state index >= 15 is 0 Å². The van der Waals surface area contributed by atoms with Gasteiger partial charge in [-0.1, -0.05) is 29.3 Å². The van der Waals surface area contributed by atoms with Crippen LogP contribution in [0.1, 0.15) is 15.9 Å². The van der Waals surface area contributed by atoms with Gasteiger partial charge in [0.25, 0.3) is 5.91 Å². The molecule has 0 unspecified atom stereocenters. The third-order valence-corrected chi connectivity index (χ3v) is 3.94. The lowest BCUT2D eigenvalue weighted by Gasteiger charge is -2.17. The van der Waals surface area contributed by atoms with Crippen molar-refractivity contribution in [1.82, 2.24) is 5.32 Å². The van der Waals surface area contributed by atoms with E-state index in [1.807, 2.05) is 0 Å². The number of carbonyl (C=O) groups is 2. The molecule has 4 nitrogen and oxygen atoms in total. The van der Waals surface area contributed by atoms with Crippen LogP contribution in [0.5, 0.6) is 0 Å². The van der Waals surface area contributed by atoms with Crippen LogP contribution < -0.4 is 5.32 Å². The lowest BCUT2D eigenvalue weighted by molar-refractivity contribution is -0.142. The number of ether oxygens (including phenoxy) is 1. The lowest BCUT2D eigenvalue weighted by Crippen LogP contribution is -2.43. The molecule has 1 N–H and O–H groups in total. The molecule has 0 aromatic heterocycles. The number of methoxy groups -OCH3 is 1. The van der Waals surface area contributed by atoms with Crippen LogP contribution in [0.3, 0.4) is 0 Å². The first-order valence-corrected chi connectivity index (χ1v) is 7.84. The number of benzene rings is 2. The van der Waals surface area contributed by atoms with E-state index in [9.17, 15) is 18.4 Å². The van der Waals surface area contributed by atoms with Crippen molar-refractivity contribution in [3.63, 3.8) is 0 Å². The number of halogens is 4. The van der Waals surface area contributed by atoms with E-state index in [1.165, 1.54) is 6.07 Å². The highest BCUT2D eigenvalue weighted by Crippen LogP contribution is 2.22.